The lowest BCUT2D eigenvalue weighted by Gasteiger charge is -2.23. The number of aromatic nitrogens is 2. The number of hydrogen-bond acceptors (Lipinski definition) is 6. The second kappa shape index (κ2) is 9.20. The fourth-order valence-corrected chi connectivity index (χ4v) is 4.68. The van der Waals surface area contributed by atoms with E-state index in [0.717, 1.165) is 41.1 Å². The summed E-state index contributed by atoms with van der Waals surface area (Å²) in [6.45, 7) is 2.58. The summed E-state index contributed by atoms with van der Waals surface area (Å²) in [6, 6.07) is 16.6. The summed E-state index contributed by atoms with van der Waals surface area (Å²) in [4.78, 5) is 24.7. The lowest BCUT2D eigenvalue weighted by molar-refractivity contribution is -0.0365. The molecule has 3 aromatic carbocycles. The lowest BCUT2D eigenvalue weighted by atomic mass is 9.95. The molecule has 0 radical (unpaired) electrons. The van der Waals surface area contributed by atoms with Crippen molar-refractivity contribution in [3.63, 3.8) is 0 Å². The Morgan fingerprint density at radius 1 is 1.17 bits per heavy atom. The summed E-state index contributed by atoms with van der Waals surface area (Å²) < 4.78 is 13.0. The standard InChI is InChI=1S/C27H24N4O4/c1-2-34-27(33)20-10-7-17-14-18(8-9-19(17)24(20)26(29)32)25-21-13-16(15-28)6-11-22(21)31(30-25)23-5-3-4-12-35-23/h6-11,13-14,23H,2-5,12H2,1H3,(H2,29,32). The van der Waals surface area contributed by atoms with Gasteiger partial charge < -0.3 is 15.2 Å². The van der Waals surface area contributed by atoms with Crippen molar-refractivity contribution < 1.29 is 19.1 Å². The molecule has 5 rings (SSSR count). The average Bonchev–Trinajstić information content (AvgIpc) is 3.27. The van der Waals surface area contributed by atoms with Crippen molar-refractivity contribution in [3.8, 4) is 17.3 Å². The molecule has 0 saturated carbocycles. The Kier molecular flexibility index (Phi) is 5.93. The molecule has 0 aliphatic carbocycles. The molecule has 35 heavy (non-hydrogen) atoms. The number of ether oxygens (including phenoxy) is 2. The van der Waals surface area contributed by atoms with Gasteiger partial charge in [0.1, 0.15) is 5.69 Å². The van der Waals surface area contributed by atoms with Gasteiger partial charge in [0.05, 0.1) is 34.9 Å². The first-order valence-corrected chi connectivity index (χ1v) is 11.6. The van der Waals surface area contributed by atoms with Crippen molar-refractivity contribution in [3.05, 3.63) is 65.2 Å². The molecule has 8 nitrogen and oxygen atoms in total. The Morgan fingerprint density at radius 3 is 2.74 bits per heavy atom. The van der Waals surface area contributed by atoms with E-state index in [1.165, 1.54) is 0 Å². The van der Waals surface area contributed by atoms with Crippen molar-refractivity contribution in [1.29, 1.82) is 5.26 Å². The molecule has 1 unspecified atom stereocenters. The smallest absolute Gasteiger partial charge is 0.338 e. The van der Waals surface area contributed by atoms with E-state index in [1.54, 1.807) is 31.2 Å². The number of carbonyl (C=O) groups is 2. The Bertz CT molecular complexity index is 1510. The van der Waals surface area contributed by atoms with Gasteiger partial charge in [-0.2, -0.15) is 10.4 Å². The van der Waals surface area contributed by atoms with Crippen molar-refractivity contribution in [2.45, 2.75) is 32.4 Å². The van der Waals surface area contributed by atoms with E-state index in [4.69, 9.17) is 20.3 Å². The first kappa shape index (κ1) is 22.6. The van der Waals surface area contributed by atoms with Crippen molar-refractivity contribution in [2.24, 2.45) is 5.73 Å². The maximum Gasteiger partial charge on any atom is 0.338 e. The maximum atomic E-state index is 12.4. The third-order valence-electron chi connectivity index (χ3n) is 6.30. The number of fused-ring (bicyclic) bond motifs is 2. The third kappa shape index (κ3) is 4.00. The zero-order chi connectivity index (χ0) is 24.5. The van der Waals surface area contributed by atoms with Gasteiger partial charge in [0, 0.05) is 17.6 Å². The summed E-state index contributed by atoms with van der Waals surface area (Å²) in [6.07, 6.45) is 2.79. The molecule has 2 N–H and O–H groups in total. The molecular weight excluding hydrogens is 444 g/mol. The van der Waals surface area contributed by atoms with Crippen molar-refractivity contribution in [2.75, 3.05) is 13.2 Å². The summed E-state index contributed by atoms with van der Waals surface area (Å²) in [5.74, 6) is -1.29. The number of carbonyl (C=O) groups excluding carboxylic acids is 2. The number of nitriles is 1. The molecule has 1 fully saturated rings. The monoisotopic (exact) mass is 468 g/mol. The predicted molar refractivity (Wildman–Crippen MR) is 131 cm³/mol. The van der Waals surface area contributed by atoms with Gasteiger partial charge in [0.2, 0.25) is 5.91 Å². The molecule has 1 aliphatic heterocycles. The first-order chi connectivity index (χ1) is 17.0. The lowest BCUT2D eigenvalue weighted by Crippen LogP contribution is -2.19. The second-order valence-corrected chi connectivity index (χ2v) is 8.47. The van der Waals surface area contributed by atoms with Crippen molar-refractivity contribution in [1.82, 2.24) is 9.78 Å². The summed E-state index contributed by atoms with van der Waals surface area (Å²) in [7, 11) is 0. The Balaban J connectivity index is 1.68. The molecule has 1 amide bonds. The minimum absolute atomic E-state index is 0.130. The van der Waals surface area contributed by atoms with Crippen LogP contribution in [0.5, 0.6) is 0 Å². The highest BCUT2D eigenvalue weighted by Crippen LogP contribution is 2.35. The molecule has 1 aliphatic rings. The van der Waals surface area contributed by atoms with Gasteiger partial charge in [-0.15, -0.1) is 0 Å². The fourth-order valence-electron chi connectivity index (χ4n) is 4.68. The van der Waals surface area contributed by atoms with E-state index in [-0.39, 0.29) is 24.0 Å². The fraction of sp³-hybridized carbons (Fsp3) is 0.259. The van der Waals surface area contributed by atoms with E-state index in [0.29, 0.717) is 23.3 Å². The molecule has 176 valence electrons. The van der Waals surface area contributed by atoms with Gasteiger partial charge in [-0.05, 0) is 67.3 Å². The van der Waals surface area contributed by atoms with E-state index >= 15 is 0 Å². The number of nitrogens with two attached hydrogens (primary N) is 1. The highest BCUT2D eigenvalue weighted by Gasteiger charge is 2.23. The van der Waals surface area contributed by atoms with E-state index in [9.17, 15) is 14.9 Å². The van der Waals surface area contributed by atoms with Crippen LogP contribution in [0.4, 0.5) is 0 Å². The molecule has 1 aromatic heterocycles. The van der Waals surface area contributed by atoms with Gasteiger partial charge in [-0.3, -0.25) is 4.79 Å². The van der Waals surface area contributed by atoms with Gasteiger partial charge in [0.15, 0.2) is 6.23 Å². The molecule has 0 spiro atoms. The Labute approximate surface area is 201 Å². The van der Waals surface area contributed by atoms with E-state index < -0.39 is 11.9 Å². The molecule has 8 heteroatoms. The number of amides is 1. The highest BCUT2D eigenvalue weighted by molar-refractivity contribution is 6.14. The SMILES string of the molecule is CCOC(=O)c1ccc2cc(-c3nn(C4CCCCO4)c4ccc(C#N)cc34)ccc2c1C(N)=O. The quantitative estimate of drug-likeness (QED) is 0.424. The van der Waals surface area contributed by atoms with Gasteiger partial charge in [0.25, 0.3) is 0 Å². The van der Waals surface area contributed by atoms with E-state index in [1.807, 2.05) is 28.9 Å². The predicted octanol–water partition coefficient (Wildman–Crippen LogP) is 4.70. The van der Waals surface area contributed by atoms with Crippen LogP contribution in [0.15, 0.2) is 48.5 Å². The van der Waals surface area contributed by atoms with Gasteiger partial charge in [-0.25, -0.2) is 9.48 Å². The summed E-state index contributed by atoms with van der Waals surface area (Å²) >= 11 is 0. The van der Waals surface area contributed by atoms with Crippen LogP contribution in [-0.4, -0.2) is 34.9 Å². The van der Waals surface area contributed by atoms with Gasteiger partial charge in [-0.1, -0.05) is 18.2 Å². The molecular formula is C27H24N4O4. The average molecular weight is 469 g/mol. The Morgan fingerprint density at radius 2 is 2.03 bits per heavy atom. The van der Waals surface area contributed by atoms with Crippen LogP contribution in [0.1, 0.15) is 58.7 Å². The minimum atomic E-state index is -0.700. The largest absolute Gasteiger partial charge is 0.462 e. The second-order valence-electron chi connectivity index (χ2n) is 8.47. The van der Waals surface area contributed by atoms with Crippen LogP contribution in [0, 0.1) is 11.3 Å². The molecule has 1 atom stereocenters. The van der Waals surface area contributed by atoms with Crippen molar-refractivity contribution >= 4 is 33.6 Å². The minimum Gasteiger partial charge on any atom is -0.462 e. The van der Waals surface area contributed by atoms with E-state index in [2.05, 4.69) is 6.07 Å². The number of primary amides is 1. The van der Waals surface area contributed by atoms with Crippen LogP contribution in [0.3, 0.4) is 0 Å². The zero-order valence-electron chi connectivity index (χ0n) is 19.3. The molecule has 0 bridgehead atoms. The normalized spacial score (nSPS) is 15.7. The molecule has 1 saturated heterocycles. The van der Waals surface area contributed by atoms with Gasteiger partial charge >= 0.3 is 5.97 Å². The van der Waals surface area contributed by atoms with Crippen LogP contribution in [0.25, 0.3) is 32.9 Å². The highest BCUT2D eigenvalue weighted by atomic mass is 16.5. The summed E-state index contributed by atoms with van der Waals surface area (Å²) in [5, 5.41) is 16.5. The number of hydrogen-bond donors (Lipinski definition) is 1. The third-order valence-corrected chi connectivity index (χ3v) is 6.30. The summed E-state index contributed by atoms with van der Waals surface area (Å²) in [5.41, 5.74) is 8.87. The maximum absolute atomic E-state index is 12.4. The number of benzene rings is 3. The number of nitrogens with zero attached hydrogens (tertiary/aromatic N) is 3. The molecule has 2 heterocycles. The van der Waals surface area contributed by atoms with Crippen LogP contribution in [-0.2, 0) is 9.47 Å². The number of esters is 1. The first-order valence-electron chi connectivity index (χ1n) is 11.6. The van der Waals surface area contributed by atoms with Crippen LogP contribution in [0.2, 0.25) is 0 Å². The van der Waals surface area contributed by atoms with Crippen LogP contribution < -0.4 is 5.73 Å². The Hall–Kier alpha value is -4.22. The zero-order valence-corrected chi connectivity index (χ0v) is 19.3. The van der Waals surface area contributed by atoms with Crippen LogP contribution >= 0.6 is 0 Å². The topological polar surface area (TPSA) is 120 Å². The number of rotatable bonds is 5. The molecule has 4 aromatic rings.